The molecule has 0 spiro atoms. The summed E-state index contributed by atoms with van der Waals surface area (Å²) in [6.07, 6.45) is 3.46. The molecule has 2 aromatic carbocycles. The van der Waals surface area contributed by atoms with Crippen molar-refractivity contribution in [1.29, 1.82) is 0 Å². The predicted octanol–water partition coefficient (Wildman–Crippen LogP) is 6.91. The third kappa shape index (κ3) is 11.1. The number of esters is 2. The number of rotatable bonds is 17. The van der Waals surface area contributed by atoms with Crippen molar-refractivity contribution in [3.05, 3.63) is 84.0 Å². The van der Waals surface area contributed by atoms with Gasteiger partial charge in [-0.25, -0.2) is 9.59 Å². The van der Waals surface area contributed by atoms with E-state index in [4.69, 9.17) is 18.9 Å². The molecule has 2 aromatic rings. The van der Waals surface area contributed by atoms with Gasteiger partial charge in [0.2, 0.25) is 0 Å². The van der Waals surface area contributed by atoms with Crippen LogP contribution in [0.25, 0.3) is 0 Å². The zero-order chi connectivity index (χ0) is 28.8. The average molecular weight is 645 g/mol. The van der Waals surface area contributed by atoms with Crippen molar-refractivity contribution in [3.63, 3.8) is 0 Å². The van der Waals surface area contributed by atoms with Crippen molar-refractivity contribution in [2.75, 3.05) is 26.4 Å². The van der Waals surface area contributed by atoms with E-state index in [1.54, 1.807) is 13.8 Å². The molecule has 0 saturated carbocycles. The van der Waals surface area contributed by atoms with Crippen molar-refractivity contribution in [2.45, 2.75) is 59.6 Å². The molecular formula is C32H43O6Sb. The molecule has 0 fully saturated rings. The van der Waals surface area contributed by atoms with Gasteiger partial charge in [-0.2, -0.15) is 0 Å². The summed E-state index contributed by atoms with van der Waals surface area (Å²) in [6, 6.07) is 16.4. The van der Waals surface area contributed by atoms with Gasteiger partial charge in [0, 0.05) is 11.1 Å². The van der Waals surface area contributed by atoms with Crippen molar-refractivity contribution in [3.8, 4) is 11.5 Å². The Morgan fingerprint density at radius 2 is 1.13 bits per heavy atom. The third-order valence-corrected chi connectivity index (χ3v) is 9.84. The number of benzene rings is 2. The van der Waals surface area contributed by atoms with E-state index in [2.05, 4.69) is 54.1 Å². The van der Waals surface area contributed by atoms with Crippen LogP contribution in [-0.2, 0) is 24.5 Å². The molecule has 6 nitrogen and oxygen atoms in total. The fourth-order valence-corrected chi connectivity index (χ4v) is 6.48. The van der Waals surface area contributed by atoms with Crippen molar-refractivity contribution < 1.29 is 28.5 Å². The summed E-state index contributed by atoms with van der Waals surface area (Å²) >= 11 is -0.980. The van der Waals surface area contributed by atoms with Crippen LogP contribution in [0.4, 0.5) is 0 Å². The Kier molecular flexibility index (Phi) is 13.7. The number of carbonyl (C=O) groups excluding carboxylic acids is 2. The minimum atomic E-state index is -0.980. The van der Waals surface area contributed by atoms with E-state index in [1.807, 2.05) is 24.3 Å². The Balaban J connectivity index is 2.07. The van der Waals surface area contributed by atoms with Crippen LogP contribution >= 0.6 is 0 Å². The average Bonchev–Trinajstić information content (AvgIpc) is 2.91. The van der Waals surface area contributed by atoms with E-state index in [-0.39, 0.29) is 31.8 Å². The number of ether oxygens (including phenoxy) is 4. The first-order valence-electron chi connectivity index (χ1n) is 13.3. The van der Waals surface area contributed by atoms with Crippen LogP contribution < -0.4 is 9.47 Å². The van der Waals surface area contributed by atoms with Gasteiger partial charge >= 0.3 is 185 Å². The van der Waals surface area contributed by atoms with E-state index < -0.39 is 32.1 Å². The van der Waals surface area contributed by atoms with E-state index >= 15 is 0 Å². The third-order valence-electron chi connectivity index (χ3n) is 6.38. The van der Waals surface area contributed by atoms with Crippen LogP contribution in [0.3, 0.4) is 0 Å². The summed E-state index contributed by atoms with van der Waals surface area (Å²) < 4.78 is 23.1. The van der Waals surface area contributed by atoms with E-state index in [0.717, 1.165) is 24.3 Å². The maximum atomic E-state index is 11.5. The first-order valence-corrected chi connectivity index (χ1v) is 20.2. The molecule has 0 bridgehead atoms. The fraction of sp³-hybridized carbons (Fsp3) is 0.438. The number of hydrogen-bond donors (Lipinski definition) is 0. The molecule has 0 aromatic heterocycles. The second-order valence-corrected chi connectivity index (χ2v) is 17.6. The van der Waals surface area contributed by atoms with Crippen LogP contribution in [0, 0.1) is 0 Å². The Bertz CT molecular complexity index is 1010. The molecule has 0 aliphatic carbocycles. The Morgan fingerprint density at radius 1 is 0.718 bits per heavy atom. The molecule has 212 valence electrons. The van der Waals surface area contributed by atoms with E-state index in [9.17, 15) is 9.59 Å². The molecule has 7 heteroatoms. The van der Waals surface area contributed by atoms with Crippen LogP contribution in [0.5, 0.6) is 11.5 Å². The Labute approximate surface area is 241 Å². The second-order valence-electron chi connectivity index (χ2n) is 10.2. The summed E-state index contributed by atoms with van der Waals surface area (Å²) in [5, 5.41) is 0. The summed E-state index contributed by atoms with van der Waals surface area (Å²) in [5.41, 5.74) is 3.01. The van der Waals surface area contributed by atoms with Crippen LogP contribution in [-0.4, -0.2) is 58.6 Å². The Hall–Kier alpha value is -2.72. The van der Waals surface area contributed by atoms with Gasteiger partial charge in [-0.1, -0.05) is 13.2 Å². The maximum absolute atomic E-state index is 11.5. The molecule has 0 N–H and O–H groups in total. The van der Waals surface area contributed by atoms with Gasteiger partial charge in [-0.15, -0.1) is 0 Å². The van der Waals surface area contributed by atoms with Gasteiger partial charge in [0.25, 0.3) is 0 Å². The first kappa shape index (κ1) is 32.5. The quantitative estimate of drug-likeness (QED) is 0.0806. The summed E-state index contributed by atoms with van der Waals surface area (Å²) in [5.74, 6) is 0.647. The molecule has 2 rings (SSSR count). The molecule has 0 aliphatic rings. The van der Waals surface area contributed by atoms with E-state index in [0.29, 0.717) is 11.1 Å². The van der Waals surface area contributed by atoms with Crippen molar-refractivity contribution in [2.24, 2.45) is 0 Å². The summed E-state index contributed by atoms with van der Waals surface area (Å²) in [6.45, 7) is 13.6. The molecule has 0 unspecified atom stereocenters. The molecular weight excluding hydrogens is 602 g/mol. The zero-order valence-corrected chi connectivity index (χ0v) is 26.6. The van der Waals surface area contributed by atoms with Gasteiger partial charge in [-0.3, -0.25) is 0 Å². The number of carbonyl (C=O) groups is 2. The van der Waals surface area contributed by atoms with Gasteiger partial charge in [0.05, 0.1) is 0 Å². The topological polar surface area (TPSA) is 71.1 Å². The molecule has 0 saturated heterocycles. The first-order chi connectivity index (χ1) is 18.5. The van der Waals surface area contributed by atoms with Crippen molar-refractivity contribution >= 4 is 32.1 Å². The van der Waals surface area contributed by atoms with Gasteiger partial charge in [0.1, 0.15) is 0 Å². The molecule has 0 amide bonds. The van der Waals surface area contributed by atoms with Gasteiger partial charge in [-0.05, 0) is 13.8 Å². The minimum absolute atomic E-state index is 0.172. The second kappa shape index (κ2) is 16.4. The van der Waals surface area contributed by atoms with Crippen LogP contribution in [0.15, 0.2) is 72.8 Å². The van der Waals surface area contributed by atoms with Crippen molar-refractivity contribution in [1.82, 2.24) is 0 Å². The van der Waals surface area contributed by atoms with Crippen LogP contribution in [0.2, 0.25) is 14.1 Å². The normalized spacial score (nSPS) is 11.1. The molecule has 0 aliphatic heterocycles. The summed E-state index contributed by atoms with van der Waals surface area (Å²) in [4.78, 5) is 27.9. The number of hydrogen-bond acceptors (Lipinski definition) is 6. The monoisotopic (exact) mass is 644 g/mol. The summed E-state index contributed by atoms with van der Waals surface area (Å²) in [7, 11) is 0. The van der Waals surface area contributed by atoms with Crippen LogP contribution in [0.1, 0.15) is 51.2 Å². The SMILES string of the molecule is C=C(C)C(=O)OCCOc1ccc(C(C)(CCC[CH2][Sb]([CH3])[CH3])c2ccc(OCCOC(=O)C(=C)C)cc2)cc1. The Morgan fingerprint density at radius 3 is 1.49 bits per heavy atom. The van der Waals surface area contributed by atoms with Gasteiger partial charge in [0.15, 0.2) is 0 Å². The molecule has 39 heavy (non-hydrogen) atoms. The molecule has 0 heterocycles. The molecule has 0 atom stereocenters. The predicted molar refractivity (Wildman–Crippen MR) is 158 cm³/mol. The standard InChI is InChI=1S/C30H37O6.2CH3.Sb/c1-7-8-17-30(6,24-9-13-26(14-10-24)33-18-20-35-28(31)22(2)3)25-11-15-27(16-12-25)34-19-21-36-29(32)23(4)5;;;/h9-16H,1-2,4,7-8,17-21H2,3,5-6H3;2*1H3;. The molecule has 0 radical (unpaired) electrons. The fourth-order valence-electron chi connectivity index (χ4n) is 4.03. The zero-order valence-electron chi connectivity index (χ0n) is 24.1. The number of unbranched alkanes of at least 4 members (excludes halogenated alkanes) is 1. The van der Waals surface area contributed by atoms with Gasteiger partial charge < -0.3 is 9.47 Å². The van der Waals surface area contributed by atoms with E-state index in [1.165, 1.54) is 21.9 Å².